The molecule has 4 rings (SSSR count). The van der Waals surface area contributed by atoms with E-state index in [1.54, 1.807) is 6.07 Å². The molecule has 5 nitrogen and oxygen atoms in total. The van der Waals surface area contributed by atoms with Crippen molar-refractivity contribution >= 4 is 33.3 Å². The molecule has 5 heteroatoms. The lowest BCUT2D eigenvalue weighted by Gasteiger charge is -2.23. The standard InChI is InChI=1S/C24H23N3O2/c1-2-27(21-14-7-10-17-9-3-4-11-18(17)21)23(28)16-8-15-22-25-20-13-6-5-12-19(20)24(29)26-22/h3-7,9-14H,2,8,15-16H2,1H3,(H,25,26,29). The molecule has 0 atom stereocenters. The summed E-state index contributed by atoms with van der Waals surface area (Å²) in [4.78, 5) is 34.3. The molecule has 0 saturated heterocycles. The van der Waals surface area contributed by atoms with Crippen LogP contribution in [0.3, 0.4) is 0 Å². The van der Waals surface area contributed by atoms with E-state index in [4.69, 9.17) is 0 Å². The van der Waals surface area contributed by atoms with Gasteiger partial charge < -0.3 is 9.88 Å². The summed E-state index contributed by atoms with van der Waals surface area (Å²) in [5.74, 6) is 0.696. The van der Waals surface area contributed by atoms with Gasteiger partial charge in [0.05, 0.1) is 16.6 Å². The average Bonchev–Trinajstić information content (AvgIpc) is 2.74. The molecule has 0 bridgehead atoms. The number of carbonyl (C=O) groups is 1. The van der Waals surface area contributed by atoms with Crippen molar-refractivity contribution in [3.8, 4) is 0 Å². The van der Waals surface area contributed by atoms with Crippen LogP contribution in [0.4, 0.5) is 5.69 Å². The van der Waals surface area contributed by atoms with Crippen LogP contribution >= 0.6 is 0 Å². The first-order valence-corrected chi connectivity index (χ1v) is 9.93. The number of amides is 1. The zero-order valence-corrected chi connectivity index (χ0v) is 16.4. The number of para-hydroxylation sites is 1. The molecule has 1 amide bonds. The van der Waals surface area contributed by atoms with Gasteiger partial charge in [0.25, 0.3) is 5.56 Å². The Balaban J connectivity index is 1.48. The van der Waals surface area contributed by atoms with Crippen LogP contribution in [0.2, 0.25) is 0 Å². The van der Waals surface area contributed by atoms with E-state index in [1.165, 1.54) is 0 Å². The number of benzene rings is 3. The van der Waals surface area contributed by atoms with Gasteiger partial charge in [0, 0.05) is 24.8 Å². The first-order chi connectivity index (χ1) is 14.2. The fourth-order valence-corrected chi connectivity index (χ4v) is 3.72. The summed E-state index contributed by atoms with van der Waals surface area (Å²) in [5, 5.41) is 2.78. The molecule has 1 N–H and O–H groups in total. The summed E-state index contributed by atoms with van der Waals surface area (Å²) in [6, 6.07) is 21.4. The van der Waals surface area contributed by atoms with Gasteiger partial charge in [-0.1, -0.05) is 48.5 Å². The number of aryl methyl sites for hydroxylation is 1. The number of carbonyl (C=O) groups excluding carboxylic acids is 1. The van der Waals surface area contributed by atoms with Gasteiger partial charge in [0.2, 0.25) is 5.91 Å². The minimum Gasteiger partial charge on any atom is -0.312 e. The normalized spacial score (nSPS) is 11.1. The lowest BCUT2D eigenvalue weighted by molar-refractivity contribution is -0.118. The summed E-state index contributed by atoms with van der Waals surface area (Å²) in [6.07, 6.45) is 1.58. The third-order valence-corrected chi connectivity index (χ3v) is 5.14. The van der Waals surface area contributed by atoms with Gasteiger partial charge in [-0.05, 0) is 36.9 Å². The number of fused-ring (bicyclic) bond motifs is 2. The molecule has 0 fully saturated rings. The Hall–Kier alpha value is -3.47. The number of hydrogen-bond donors (Lipinski definition) is 1. The molecule has 0 saturated carbocycles. The summed E-state index contributed by atoms with van der Waals surface area (Å²) in [6.45, 7) is 2.60. The van der Waals surface area contributed by atoms with E-state index in [0.29, 0.717) is 42.5 Å². The number of nitrogens with zero attached hydrogens (tertiary/aromatic N) is 2. The first-order valence-electron chi connectivity index (χ1n) is 9.93. The minimum atomic E-state index is -0.136. The summed E-state index contributed by atoms with van der Waals surface area (Å²) < 4.78 is 0. The Kier molecular flexibility index (Phi) is 5.38. The van der Waals surface area contributed by atoms with Crippen molar-refractivity contribution in [1.29, 1.82) is 0 Å². The van der Waals surface area contributed by atoms with E-state index in [-0.39, 0.29) is 11.5 Å². The second-order valence-electron chi connectivity index (χ2n) is 7.02. The van der Waals surface area contributed by atoms with E-state index < -0.39 is 0 Å². The van der Waals surface area contributed by atoms with Crippen LogP contribution in [-0.2, 0) is 11.2 Å². The summed E-state index contributed by atoms with van der Waals surface area (Å²) >= 11 is 0. The number of aromatic nitrogens is 2. The van der Waals surface area contributed by atoms with Gasteiger partial charge in [0.15, 0.2) is 0 Å². The summed E-state index contributed by atoms with van der Waals surface area (Å²) in [5.41, 5.74) is 1.49. The van der Waals surface area contributed by atoms with Crippen molar-refractivity contribution in [1.82, 2.24) is 9.97 Å². The van der Waals surface area contributed by atoms with E-state index >= 15 is 0 Å². The Labute approximate surface area is 169 Å². The Morgan fingerprint density at radius 2 is 1.69 bits per heavy atom. The molecule has 4 aromatic rings. The maximum Gasteiger partial charge on any atom is 0.258 e. The maximum absolute atomic E-state index is 12.9. The lowest BCUT2D eigenvalue weighted by atomic mass is 10.1. The van der Waals surface area contributed by atoms with Gasteiger partial charge in [-0.15, -0.1) is 0 Å². The molecule has 0 unspecified atom stereocenters. The van der Waals surface area contributed by atoms with Gasteiger partial charge in [-0.2, -0.15) is 0 Å². The van der Waals surface area contributed by atoms with Crippen LogP contribution in [0, 0.1) is 0 Å². The highest BCUT2D eigenvalue weighted by Crippen LogP contribution is 2.27. The maximum atomic E-state index is 12.9. The Bertz CT molecular complexity index is 1220. The van der Waals surface area contributed by atoms with Crippen molar-refractivity contribution in [3.63, 3.8) is 0 Å². The van der Waals surface area contributed by atoms with Crippen LogP contribution in [0.1, 0.15) is 25.6 Å². The zero-order chi connectivity index (χ0) is 20.2. The van der Waals surface area contributed by atoms with Gasteiger partial charge in [0.1, 0.15) is 5.82 Å². The van der Waals surface area contributed by atoms with Crippen LogP contribution in [0.5, 0.6) is 0 Å². The highest BCUT2D eigenvalue weighted by molar-refractivity contribution is 6.03. The van der Waals surface area contributed by atoms with Crippen LogP contribution < -0.4 is 10.5 Å². The van der Waals surface area contributed by atoms with Crippen molar-refractivity contribution in [2.75, 3.05) is 11.4 Å². The molecule has 0 aliphatic carbocycles. The molecule has 0 aliphatic heterocycles. The molecule has 1 aromatic heterocycles. The smallest absolute Gasteiger partial charge is 0.258 e. The molecular formula is C24H23N3O2. The molecule has 1 heterocycles. The van der Waals surface area contributed by atoms with Crippen molar-refractivity contribution in [2.45, 2.75) is 26.2 Å². The fourth-order valence-electron chi connectivity index (χ4n) is 3.72. The number of hydrogen-bond acceptors (Lipinski definition) is 3. The van der Waals surface area contributed by atoms with Crippen molar-refractivity contribution < 1.29 is 4.79 Å². The minimum absolute atomic E-state index is 0.0759. The van der Waals surface area contributed by atoms with Gasteiger partial charge in [-0.25, -0.2) is 4.98 Å². The van der Waals surface area contributed by atoms with E-state index in [0.717, 1.165) is 16.5 Å². The molecular weight excluding hydrogens is 362 g/mol. The Morgan fingerprint density at radius 1 is 0.966 bits per heavy atom. The highest BCUT2D eigenvalue weighted by Gasteiger charge is 2.16. The number of nitrogens with one attached hydrogen (secondary N) is 1. The predicted octanol–water partition coefficient (Wildman–Crippen LogP) is 4.45. The van der Waals surface area contributed by atoms with Crippen LogP contribution in [0.15, 0.2) is 71.5 Å². The molecule has 146 valence electrons. The fraction of sp³-hybridized carbons (Fsp3) is 0.208. The largest absolute Gasteiger partial charge is 0.312 e. The predicted molar refractivity (Wildman–Crippen MR) is 117 cm³/mol. The second kappa shape index (κ2) is 8.27. The quantitative estimate of drug-likeness (QED) is 0.533. The van der Waals surface area contributed by atoms with Crippen molar-refractivity contribution in [2.24, 2.45) is 0 Å². The molecule has 0 spiro atoms. The van der Waals surface area contributed by atoms with E-state index in [2.05, 4.69) is 22.1 Å². The number of aromatic amines is 1. The second-order valence-corrected chi connectivity index (χ2v) is 7.02. The molecule has 3 aromatic carbocycles. The number of rotatable bonds is 6. The lowest BCUT2D eigenvalue weighted by Crippen LogP contribution is -2.30. The SMILES string of the molecule is CCN(C(=O)CCCc1nc2ccccc2c(=O)[nH]1)c1cccc2ccccc12. The first kappa shape index (κ1) is 18.9. The van der Waals surface area contributed by atoms with E-state index in [1.807, 2.05) is 60.4 Å². The third-order valence-electron chi connectivity index (χ3n) is 5.14. The van der Waals surface area contributed by atoms with Crippen LogP contribution in [-0.4, -0.2) is 22.4 Å². The number of anilines is 1. The third kappa shape index (κ3) is 3.90. The monoisotopic (exact) mass is 385 g/mol. The van der Waals surface area contributed by atoms with Crippen LogP contribution in [0.25, 0.3) is 21.7 Å². The van der Waals surface area contributed by atoms with Gasteiger partial charge in [-0.3, -0.25) is 9.59 Å². The topological polar surface area (TPSA) is 66.1 Å². The van der Waals surface area contributed by atoms with Crippen molar-refractivity contribution in [3.05, 3.63) is 82.9 Å². The van der Waals surface area contributed by atoms with E-state index in [9.17, 15) is 9.59 Å². The average molecular weight is 385 g/mol. The zero-order valence-electron chi connectivity index (χ0n) is 16.4. The molecule has 29 heavy (non-hydrogen) atoms. The highest BCUT2D eigenvalue weighted by atomic mass is 16.2. The number of H-pyrrole nitrogens is 1. The molecule has 0 radical (unpaired) electrons. The summed E-state index contributed by atoms with van der Waals surface area (Å²) in [7, 11) is 0. The van der Waals surface area contributed by atoms with Gasteiger partial charge >= 0.3 is 0 Å². The Morgan fingerprint density at radius 3 is 2.52 bits per heavy atom. The molecule has 0 aliphatic rings.